The van der Waals surface area contributed by atoms with Gasteiger partial charge in [-0.05, 0) is 48.2 Å². The van der Waals surface area contributed by atoms with Crippen molar-refractivity contribution in [2.45, 2.75) is 4.90 Å². The number of hydrazone groups is 1. The lowest BCUT2D eigenvalue weighted by molar-refractivity contribution is -0.123. The van der Waals surface area contributed by atoms with Crippen LogP contribution in [0.3, 0.4) is 0 Å². The predicted molar refractivity (Wildman–Crippen MR) is 92.4 cm³/mol. The first-order valence-corrected chi connectivity index (χ1v) is 8.16. The van der Waals surface area contributed by atoms with Gasteiger partial charge in [0.15, 0.2) is 6.61 Å². The van der Waals surface area contributed by atoms with Gasteiger partial charge in [0.05, 0.1) is 13.3 Å². The summed E-state index contributed by atoms with van der Waals surface area (Å²) < 4.78 is 10.4. The number of thioether (sulfide) groups is 1. The fourth-order valence-corrected chi connectivity index (χ4v) is 2.13. The van der Waals surface area contributed by atoms with Gasteiger partial charge in [0, 0.05) is 4.90 Å². The van der Waals surface area contributed by atoms with E-state index >= 15 is 0 Å². The SMILES string of the molecule is COc1ccc(OCC(=O)N/N=C\c2ccc(SC)cc2)cc1. The second kappa shape index (κ2) is 8.85. The molecule has 0 unspecified atom stereocenters. The molecule has 0 aliphatic rings. The summed E-state index contributed by atoms with van der Waals surface area (Å²) in [6.45, 7) is -0.102. The molecule has 23 heavy (non-hydrogen) atoms. The number of amides is 1. The highest BCUT2D eigenvalue weighted by atomic mass is 32.2. The largest absolute Gasteiger partial charge is 0.497 e. The highest BCUT2D eigenvalue weighted by Gasteiger charge is 2.01. The van der Waals surface area contributed by atoms with Crippen LogP contribution >= 0.6 is 11.8 Å². The second-order valence-corrected chi connectivity index (χ2v) is 5.41. The zero-order valence-electron chi connectivity index (χ0n) is 13.0. The van der Waals surface area contributed by atoms with Gasteiger partial charge in [-0.2, -0.15) is 5.10 Å². The van der Waals surface area contributed by atoms with Crippen molar-refractivity contribution in [1.82, 2.24) is 5.43 Å². The molecule has 0 saturated carbocycles. The van der Waals surface area contributed by atoms with E-state index in [0.717, 1.165) is 11.3 Å². The number of rotatable bonds is 7. The van der Waals surface area contributed by atoms with Crippen LogP contribution in [0, 0.1) is 0 Å². The molecule has 2 rings (SSSR count). The molecule has 0 saturated heterocycles. The Bertz CT molecular complexity index is 655. The standard InChI is InChI=1S/C17H18N2O3S/c1-21-14-5-7-15(8-6-14)22-12-17(20)19-18-11-13-3-9-16(23-2)10-4-13/h3-11H,12H2,1-2H3,(H,19,20)/b18-11-. The Morgan fingerprint density at radius 2 is 1.78 bits per heavy atom. The third kappa shape index (κ3) is 5.67. The lowest BCUT2D eigenvalue weighted by Gasteiger charge is -2.05. The summed E-state index contributed by atoms with van der Waals surface area (Å²) in [7, 11) is 1.59. The molecule has 6 heteroatoms. The van der Waals surface area contributed by atoms with E-state index in [-0.39, 0.29) is 12.5 Å². The minimum absolute atomic E-state index is 0.102. The first kappa shape index (κ1) is 16.9. The third-order valence-electron chi connectivity index (χ3n) is 2.95. The average molecular weight is 330 g/mol. The number of hydrogen-bond acceptors (Lipinski definition) is 5. The summed E-state index contributed by atoms with van der Waals surface area (Å²) in [5, 5.41) is 3.91. The van der Waals surface area contributed by atoms with Crippen LogP contribution in [0.2, 0.25) is 0 Å². The normalized spacial score (nSPS) is 10.5. The lowest BCUT2D eigenvalue weighted by atomic mass is 10.2. The molecule has 0 atom stereocenters. The Labute approximate surface area is 139 Å². The molecular formula is C17H18N2O3S. The molecule has 0 fully saturated rings. The number of methoxy groups -OCH3 is 1. The van der Waals surface area contributed by atoms with E-state index in [1.165, 1.54) is 4.90 Å². The van der Waals surface area contributed by atoms with Gasteiger partial charge >= 0.3 is 0 Å². The molecular weight excluding hydrogens is 312 g/mol. The fourth-order valence-electron chi connectivity index (χ4n) is 1.72. The van der Waals surface area contributed by atoms with E-state index in [9.17, 15) is 4.79 Å². The van der Waals surface area contributed by atoms with Gasteiger partial charge in [-0.25, -0.2) is 5.43 Å². The van der Waals surface area contributed by atoms with Crippen LogP contribution < -0.4 is 14.9 Å². The maximum Gasteiger partial charge on any atom is 0.277 e. The smallest absolute Gasteiger partial charge is 0.277 e. The Balaban J connectivity index is 1.76. The molecule has 5 nitrogen and oxygen atoms in total. The maximum atomic E-state index is 11.7. The van der Waals surface area contributed by atoms with Crippen LogP contribution in [0.4, 0.5) is 0 Å². The summed E-state index contributed by atoms with van der Waals surface area (Å²) in [5.41, 5.74) is 3.34. The van der Waals surface area contributed by atoms with Crippen LogP contribution in [0.1, 0.15) is 5.56 Å². The van der Waals surface area contributed by atoms with E-state index < -0.39 is 0 Å². The molecule has 1 amide bonds. The van der Waals surface area contributed by atoms with Crippen LogP contribution in [0.25, 0.3) is 0 Å². The first-order valence-electron chi connectivity index (χ1n) is 6.94. The number of carbonyl (C=O) groups excluding carboxylic acids is 1. The van der Waals surface area contributed by atoms with Crippen molar-refractivity contribution in [2.75, 3.05) is 20.0 Å². The predicted octanol–water partition coefficient (Wildman–Crippen LogP) is 2.95. The molecule has 0 aliphatic carbocycles. The third-order valence-corrected chi connectivity index (χ3v) is 3.69. The van der Waals surface area contributed by atoms with Gasteiger partial charge in [0.25, 0.3) is 5.91 Å². The quantitative estimate of drug-likeness (QED) is 0.482. The monoisotopic (exact) mass is 330 g/mol. The highest BCUT2D eigenvalue weighted by molar-refractivity contribution is 7.98. The van der Waals surface area contributed by atoms with Crippen molar-refractivity contribution in [1.29, 1.82) is 0 Å². The topological polar surface area (TPSA) is 59.9 Å². The number of hydrogen-bond donors (Lipinski definition) is 1. The molecule has 0 radical (unpaired) electrons. The van der Waals surface area contributed by atoms with E-state index in [1.54, 1.807) is 49.4 Å². The Morgan fingerprint density at radius 3 is 2.39 bits per heavy atom. The molecule has 0 aromatic heterocycles. The van der Waals surface area contributed by atoms with Crippen LogP contribution in [-0.2, 0) is 4.79 Å². The number of nitrogens with one attached hydrogen (secondary N) is 1. The maximum absolute atomic E-state index is 11.7. The first-order chi connectivity index (χ1) is 11.2. The lowest BCUT2D eigenvalue weighted by Crippen LogP contribution is -2.24. The zero-order chi connectivity index (χ0) is 16.5. The second-order valence-electron chi connectivity index (χ2n) is 4.53. The summed E-state index contributed by atoms with van der Waals surface area (Å²) in [5.74, 6) is 1.01. The van der Waals surface area contributed by atoms with Crippen LogP contribution in [0.5, 0.6) is 11.5 Å². The van der Waals surface area contributed by atoms with Gasteiger partial charge in [-0.3, -0.25) is 4.79 Å². The van der Waals surface area contributed by atoms with E-state index in [1.807, 2.05) is 30.5 Å². The molecule has 0 bridgehead atoms. The van der Waals surface area contributed by atoms with Crippen molar-refractivity contribution in [3.63, 3.8) is 0 Å². The van der Waals surface area contributed by atoms with Crippen LogP contribution in [0.15, 0.2) is 58.5 Å². The molecule has 2 aromatic carbocycles. The van der Waals surface area contributed by atoms with Crippen molar-refractivity contribution in [2.24, 2.45) is 5.10 Å². The number of carbonyl (C=O) groups is 1. The van der Waals surface area contributed by atoms with Gasteiger partial charge < -0.3 is 9.47 Å². The van der Waals surface area contributed by atoms with E-state index in [4.69, 9.17) is 9.47 Å². The Hall–Kier alpha value is -2.47. The molecule has 0 heterocycles. The molecule has 1 N–H and O–H groups in total. The molecule has 0 aliphatic heterocycles. The van der Waals surface area contributed by atoms with Crippen molar-refractivity contribution in [3.05, 3.63) is 54.1 Å². The number of nitrogens with zero attached hydrogens (tertiary/aromatic N) is 1. The van der Waals surface area contributed by atoms with Gasteiger partial charge in [-0.1, -0.05) is 12.1 Å². The zero-order valence-corrected chi connectivity index (χ0v) is 13.8. The summed E-state index contributed by atoms with van der Waals surface area (Å²) in [6.07, 6.45) is 3.61. The van der Waals surface area contributed by atoms with Gasteiger partial charge in [0.2, 0.25) is 0 Å². The Morgan fingerprint density at radius 1 is 1.13 bits per heavy atom. The van der Waals surface area contributed by atoms with Gasteiger partial charge in [-0.15, -0.1) is 11.8 Å². The molecule has 120 valence electrons. The number of ether oxygens (including phenoxy) is 2. The summed E-state index contributed by atoms with van der Waals surface area (Å²) in [6, 6.07) is 14.9. The minimum Gasteiger partial charge on any atom is -0.497 e. The summed E-state index contributed by atoms with van der Waals surface area (Å²) >= 11 is 1.67. The highest BCUT2D eigenvalue weighted by Crippen LogP contribution is 2.16. The summed E-state index contributed by atoms with van der Waals surface area (Å²) in [4.78, 5) is 12.8. The van der Waals surface area contributed by atoms with Crippen molar-refractivity contribution >= 4 is 23.9 Å². The number of benzene rings is 2. The van der Waals surface area contributed by atoms with Gasteiger partial charge in [0.1, 0.15) is 11.5 Å². The van der Waals surface area contributed by atoms with Crippen LogP contribution in [-0.4, -0.2) is 32.1 Å². The minimum atomic E-state index is -0.321. The molecule has 2 aromatic rings. The Kier molecular flexibility index (Phi) is 6.50. The van der Waals surface area contributed by atoms with E-state index in [2.05, 4.69) is 10.5 Å². The molecule has 0 spiro atoms. The fraction of sp³-hybridized carbons (Fsp3) is 0.176. The average Bonchev–Trinajstić information content (AvgIpc) is 2.61. The van der Waals surface area contributed by atoms with Crippen molar-refractivity contribution in [3.8, 4) is 11.5 Å². The van der Waals surface area contributed by atoms with E-state index in [0.29, 0.717) is 5.75 Å². The van der Waals surface area contributed by atoms with Crippen molar-refractivity contribution < 1.29 is 14.3 Å².